The van der Waals surface area contributed by atoms with Gasteiger partial charge in [0.25, 0.3) is 0 Å². The normalized spacial score (nSPS) is 15.8. The van der Waals surface area contributed by atoms with E-state index in [9.17, 15) is 4.79 Å². The van der Waals surface area contributed by atoms with Crippen molar-refractivity contribution in [3.05, 3.63) is 17.3 Å². The van der Waals surface area contributed by atoms with E-state index in [4.69, 9.17) is 14.3 Å². The van der Waals surface area contributed by atoms with Gasteiger partial charge in [-0.2, -0.15) is 0 Å². The zero-order valence-corrected chi connectivity index (χ0v) is 7.82. The molecule has 0 bridgehead atoms. The average molecular weight is 197 g/mol. The molecule has 0 radical (unpaired) electrons. The SMILES string of the molecule is COCc1nc(C2CC2)oc1C(=O)O. The van der Waals surface area contributed by atoms with Crippen LogP contribution >= 0.6 is 0 Å². The molecule has 0 aliphatic heterocycles. The highest BCUT2D eigenvalue weighted by molar-refractivity contribution is 5.85. The Morgan fingerprint density at radius 2 is 2.43 bits per heavy atom. The lowest BCUT2D eigenvalue weighted by atomic mass is 10.3. The van der Waals surface area contributed by atoms with Crippen molar-refractivity contribution < 1.29 is 19.1 Å². The summed E-state index contributed by atoms with van der Waals surface area (Å²) in [4.78, 5) is 14.9. The molecular formula is C9H11NO4. The third-order valence-corrected chi connectivity index (χ3v) is 2.12. The molecule has 2 rings (SSSR count). The molecule has 1 aromatic heterocycles. The third-order valence-electron chi connectivity index (χ3n) is 2.12. The molecule has 1 aliphatic rings. The van der Waals surface area contributed by atoms with E-state index in [0.29, 0.717) is 17.5 Å². The second-order valence-corrected chi connectivity index (χ2v) is 3.34. The number of hydrogen-bond donors (Lipinski definition) is 1. The molecule has 1 aromatic rings. The number of ether oxygens (including phenoxy) is 1. The maximum Gasteiger partial charge on any atom is 0.373 e. The van der Waals surface area contributed by atoms with Crippen LogP contribution in [-0.2, 0) is 11.3 Å². The maximum atomic E-state index is 10.8. The van der Waals surface area contributed by atoms with Crippen molar-refractivity contribution in [2.24, 2.45) is 0 Å². The smallest absolute Gasteiger partial charge is 0.373 e. The molecule has 5 heteroatoms. The lowest BCUT2D eigenvalue weighted by Crippen LogP contribution is -2.00. The van der Waals surface area contributed by atoms with Crippen LogP contribution in [-0.4, -0.2) is 23.2 Å². The quantitative estimate of drug-likeness (QED) is 0.789. The zero-order valence-electron chi connectivity index (χ0n) is 7.82. The van der Waals surface area contributed by atoms with E-state index in [-0.39, 0.29) is 12.4 Å². The molecule has 1 aliphatic carbocycles. The number of aromatic nitrogens is 1. The van der Waals surface area contributed by atoms with Gasteiger partial charge in [0.2, 0.25) is 5.76 Å². The van der Waals surface area contributed by atoms with Gasteiger partial charge in [-0.15, -0.1) is 0 Å². The molecule has 0 saturated heterocycles. The van der Waals surface area contributed by atoms with Crippen LogP contribution in [0.2, 0.25) is 0 Å². The van der Waals surface area contributed by atoms with Crippen LogP contribution in [0.4, 0.5) is 0 Å². The Morgan fingerprint density at radius 3 is 2.93 bits per heavy atom. The molecule has 1 saturated carbocycles. The van der Waals surface area contributed by atoms with Gasteiger partial charge in [-0.25, -0.2) is 9.78 Å². The highest BCUT2D eigenvalue weighted by atomic mass is 16.5. The largest absolute Gasteiger partial charge is 0.475 e. The van der Waals surface area contributed by atoms with Crippen LogP contribution in [0.15, 0.2) is 4.42 Å². The number of methoxy groups -OCH3 is 1. The highest BCUT2D eigenvalue weighted by Crippen LogP contribution is 2.40. The number of carboxylic acids is 1. The summed E-state index contributed by atoms with van der Waals surface area (Å²) >= 11 is 0. The van der Waals surface area contributed by atoms with Gasteiger partial charge < -0.3 is 14.3 Å². The standard InChI is InChI=1S/C9H11NO4/c1-13-4-6-7(9(11)12)14-8(10-6)5-2-3-5/h5H,2-4H2,1H3,(H,11,12). The van der Waals surface area contributed by atoms with Gasteiger partial charge in [0.15, 0.2) is 5.89 Å². The van der Waals surface area contributed by atoms with Gasteiger partial charge in [0.05, 0.1) is 6.61 Å². The first-order valence-electron chi connectivity index (χ1n) is 4.44. The summed E-state index contributed by atoms with van der Waals surface area (Å²) in [6.45, 7) is 0.178. The van der Waals surface area contributed by atoms with Crippen LogP contribution in [0.1, 0.15) is 40.9 Å². The van der Waals surface area contributed by atoms with Crippen molar-refractivity contribution in [1.82, 2.24) is 4.98 Å². The molecule has 0 aromatic carbocycles. The number of aromatic carboxylic acids is 1. The second kappa shape index (κ2) is 3.42. The van der Waals surface area contributed by atoms with E-state index in [2.05, 4.69) is 4.98 Å². The first-order chi connectivity index (χ1) is 6.72. The fraction of sp³-hybridized carbons (Fsp3) is 0.556. The van der Waals surface area contributed by atoms with Crippen molar-refractivity contribution >= 4 is 5.97 Å². The number of nitrogens with zero attached hydrogens (tertiary/aromatic N) is 1. The van der Waals surface area contributed by atoms with Crippen molar-refractivity contribution in [3.8, 4) is 0 Å². The number of hydrogen-bond acceptors (Lipinski definition) is 4. The Balaban J connectivity index is 2.29. The Bertz CT molecular complexity index is 354. The van der Waals surface area contributed by atoms with E-state index < -0.39 is 5.97 Å². The molecular weight excluding hydrogens is 186 g/mol. The summed E-state index contributed by atoms with van der Waals surface area (Å²) in [5.41, 5.74) is 0.377. The summed E-state index contributed by atoms with van der Waals surface area (Å²) < 4.78 is 10.0. The average Bonchev–Trinajstić information content (AvgIpc) is 2.89. The number of carbonyl (C=O) groups is 1. The Morgan fingerprint density at radius 1 is 1.71 bits per heavy atom. The molecule has 1 fully saturated rings. The van der Waals surface area contributed by atoms with Gasteiger partial charge in [-0.3, -0.25) is 0 Å². The minimum absolute atomic E-state index is 0.0891. The van der Waals surface area contributed by atoms with Gasteiger partial charge in [0, 0.05) is 13.0 Å². The first-order valence-corrected chi connectivity index (χ1v) is 4.44. The number of rotatable bonds is 4. The summed E-state index contributed by atoms with van der Waals surface area (Å²) in [6, 6.07) is 0. The molecule has 1 heterocycles. The first kappa shape index (κ1) is 9.21. The number of carboxylic acid groups (broad SMARTS) is 1. The minimum atomic E-state index is -1.09. The van der Waals surface area contributed by atoms with E-state index in [1.807, 2.05) is 0 Å². The molecule has 14 heavy (non-hydrogen) atoms. The molecule has 0 amide bonds. The lowest BCUT2D eigenvalue weighted by Gasteiger charge is -1.92. The van der Waals surface area contributed by atoms with Crippen LogP contribution in [0.3, 0.4) is 0 Å². The van der Waals surface area contributed by atoms with Crippen molar-refractivity contribution in [2.75, 3.05) is 7.11 Å². The predicted octanol–water partition coefficient (Wildman–Crippen LogP) is 1.40. The molecule has 1 N–H and O–H groups in total. The van der Waals surface area contributed by atoms with Crippen LogP contribution in [0.25, 0.3) is 0 Å². The summed E-state index contributed by atoms with van der Waals surface area (Å²) in [5, 5.41) is 8.82. The summed E-state index contributed by atoms with van der Waals surface area (Å²) in [5.74, 6) is -0.321. The summed E-state index contributed by atoms with van der Waals surface area (Å²) in [6.07, 6.45) is 2.07. The zero-order chi connectivity index (χ0) is 10.1. The maximum absolute atomic E-state index is 10.8. The number of oxazole rings is 1. The van der Waals surface area contributed by atoms with Gasteiger partial charge in [-0.05, 0) is 12.8 Å². The predicted molar refractivity (Wildman–Crippen MR) is 46.2 cm³/mol. The molecule has 0 atom stereocenters. The van der Waals surface area contributed by atoms with Gasteiger partial charge >= 0.3 is 5.97 Å². The van der Waals surface area contributed by atoms with Gasteiger partial charge in [-0.1, -0.05) is 0 Å². The van der Waals surface area contributed by atoms with Crippen molar-refractivity contribution in [2.45, 2.75) is 25.4 Å². The molecule has 5 nitrogen and oxygen atoms in total. The topological polar surface area (TPSA) is 72.6 Å². The minimum Gasteiger partial charge on any atom is -0.475 e. The van der Waals surface area contributed by atoms with Crippen molar-refractivity contribution in [1.29, 1.82) is 0 Å². The summed E-state index contributed by atoms with van der Waals surface area (Å²) in [7, 11) is 1.50. The highest BCUT2D eigenvalue weighted by Gasteiger charge is 2.31. The lowest BCUT2D eigenvalue weighted by molar-refractivity contribution is 0.0653. The Hall–Kier alpha value is -1.36. The fourth-order valence-corrected chi connectivity index (χ4v) is 1.28. The molecule has 0 unspecified atom stereocenters. The van der Waals surface area contributed by atoms with E-state index >= 15 is 0 Å². The van der Waals surface area contributed by atoms with E-state index in [0.717, 1.165) is 12.8 Å². The van der Waals surface area contributed by atoms with Crippen LogP contribution in [0, 0.1) is 0 Å². The van der Waals surface area contributed by atoms with E-state index in [1.165, 1.54) is 7.11 Å². The monoisotopic (exact) mass is 197 g/mol. The van der Waals surface area contributed by atoms with Crippen LogP contribution in [0.5, 0.6) is 0 Å². The molecule has 0 spiro atoms. The van der Waals surface area contributed by atoms with E-state index in [1.54, 1.807) is 0 Å². The van der Waals surface area contributed by atoms with Gasteiger partial charge in [0.1, 0.15) is 5.69 Å². The third kappa shape index (κ3) is 1.63. The fourth-order valence-electron chi connectivity index (χ4n) is 1.28. The Kier molecular flexibility index (Phi) is 2.25. The van der Waals surface area contributed by atoms with Crippen molar-refractivity contribution in [3.63, 3.8) is 0 Å². The van der Waals surface area contributed by atoms with Crippen LogP contribution < -0.4 is 0 Å². The Labute approximate surface area is 80.7 Å². The molecule has 76 valence electrons. The second-order valence-electron chi connectivity index (χ2n) is 3.34.